The van der Waals surface area contributed by atoms with Crippen molar-refractivity contribution in [2.24, 2.45) is 0 Å². The van der Waals surface area contributed by atoms with Crippen LogP contribution in [-0.2, 0) is 0 Å². The van der Waals surface area contributed by atoms with Crippen molar-refractivity contribution in [3.63, 3.8) is 0 Å². The summed E-state index contributed by atoms with van der Waals surface area (Å²) in [5, 5.41) is 16.4. The molecule has 0 saturated heterocycles. The van der Waals surface area contributed by atoms with Gasteiger partial charge in [-0.1, -0.05) is 6.92 Å². The van der Waals surface area contributed by atoms with Crippen LogP contribution in [0.25, 0.3) is 0 Å². The first kappa shape index (κ1) is 8.63. The molecule has 0 aliphatic rings. The van der Waals surface area contributed by atoms with E-state index in [9.17, 15) is 5.11 Å². The van der Waals surface area contributed by atoms with Crippen LogP contribution in [0.1, 0.15) is 33.6 Å². The SMILES string of the molecule is CCC(=N)CC(C)(C)O. The van der Waals surface area contributed by atoms with E-state index in [-0.39, 0.29) is 0 Å². The van der Waals surface area contributed by atoms with Crippen LogP contribution in [-0.4, -0.2) is 16.4 Å². The van der Waals surface area contributed by atoms with Gasteiger partial charge in [0.2, 0.25) is 0 Å². The Labute approximate surface area is 56.4 Å². The molecule has 0 atom stereocenters. The Hall–Kier alpha value is -0.370. The molecule has 0 bridgehead atoms. The van der Waals surface area contributed by atoms with Crippen molar-refractivity contribution >= 4 is 5.71 Å². The highest BCUT2D eigenvalue weighted by Gasteiger charge is 2.13. The molecule has 0 amide bonds. The molecule has 9 heavy (non-hydrogen) atoms. The maximum Gasteiger partial charge on any atom is 0.0643 e. The second-order valence-electron chi connectivity index (χ2n) is 2.95. The molecule has 0 aliphatic carbocycles. The van der Waals surface area contributed by atoms with Gasteiger partial charge in [0, 0.05) is 12.1 Å². The Morgan fingerprint density at radius 3 is 2.11 bits per heavy atom. The van der Waals surface area contributed by atoms with E-state index in [4.69, 9.17) is 5.41 Å². The van der Waals surface area contributed by atoms with Gasteiger partial charge < -0.3 is 10.5 Å². The summed E-state index contributed by atoms with van der Waals surface area (Å²) in [5.41, 5.74) is -0.0879. The molecule has 0 heterocycles. The molecule has 54 valence electrons. The van der Waals surface area contributed by atoms with E-state index >= 15 is 0 Å². The first-order valence-electron chi connectivity index (χ1n) is 3.24. The summed E-state index contributed by atoms with van der Waals surface area (Å²) in [5.74, 6) is 0. The van der Waals surface area contributed by atoms with Crippen LogP contribution < -0.4 is 0 Å². The number of hydrogen-bond donors (Lipinski definition) is 2. The van der Waals surface area contributed by atoms with E-state index < -0.39 is 5.60 Å². The summed E-state index contributed by atoms with van der Waals surface area (Å²) in [6, 6.07) is 0. The molecule has 0 aromatic heterocycles. The van der Waals surface area contributed by atoms with Gasteiger partial charge in [0.15, 0.2) is 0 Å². The lowest BCUT2D eigenvalue weighted by Gasteiger charge is -2.16. The molecule has 2 N–H and O–H groups in total. The zero-order valence-corrected chi connectivity index (χ0v) is 6.36. The number of rotatable bonds is 3. The summed E-state index contributed by atoms with van der Waals surface area (Å²) in [7, 11) is 0. The summed E-state index contributed by atoms with van der Waals surface area (Å²) < 4.78 is 0. The minimum atomic E-state index is -0.701. The Bertz CT molecular complexity index is 102. The highest BCUT2D eigenvalue weighted by atomic mass is 16.3. The Balaban J connectivity index is 3.60. The third-order valence-electron chi connectivity index (χ3n) is 1.07. The lowest BCUT2D eigenvalue weighted by Crippen LogP contribution is -2.22. The normalized spacial score (nSPS) is 11.6. The first-order chi connectivity index (χ1) is 3.95. The minimum absolute atomic E-state index is 0.490. The van der Waals surface area contributed by atoms with Crippen molar-refractivity contribution in [3.05, 3.63) is 0 Å². The quantitative estimate of drug-likeness (QED) is 0.558. The van der Waals surface area contributed by atoms with Gasteiger partial charge in [0.1, 0.15) is 0 Å². The predicted octanol–water partition coefficient (Wildman–Crippen LogP) is 1.58. The summed E-state index contributed by atoms with van der Waals surface area (Å²) in [6.07, 6.45) is 1.23. The second-order valence-corrected chi connectivity index (χ2v) is 2.95. The minimum Gasteiger partial charge on any atom is -0.390 e. The summed E-state index contributed by atoms with van der Waals surface area (Å²) in [4.78, 5) is 0. The Kier molecular flexibility index (Phi) is 2.85. The molecule has 0 aromatic rings. The van der Waals surface area contributed by atoms with Crippen LogP contribution in [0, 0.1) is 5.41 Å². The first-order valence-corrected chi connectivity index (χ1v) is 3.24. The molecule has 0 saturated carbocycles. The fourth-order valence-electron chi connectivity index (χ4n) is 0.647. The van der Waals surface area contributed by atoms with Crippen LogP contribution in [0.2, 0.25) is 0 Å². The highest BCUT2D eigenvalue weighted by molar-refractivity contribution is 5.81. The third-order valence-corrected chi connectivity index (χ3v) is 1.07. The fraction of sp³-hybridized carbons (Fsp3) is 0.857. The van der Waals surface area contributed by atoms with E-state index in [2.05, 4.69) is 0 Å². The lowest BCUT2D eigenvalue weighted by atomic mass is 10.0. The van der Waals surface area contributed by atoms with E-state index in [0.717, 1.165) is 6.42 Å². The molecule has 2 heteroatoms. The molecule has 2 nitrogen and oxygen atoms in total. The van der Waals surface area contributed by atoms with Gasteiger partial charge in [-0.2, -0.15) is 0 Å². The largest absolute Gasteiger partial charge is 0.390 e. The van der Waals surface area contributed by atoms with Crippen molar-refractivity contribution < 1.29 is 5.11 Å². The Morgan fingerprint density at radius 1 is 1.56 bits per heavy atom. The van der Waals surface area contributed by atoms with Gasteiger partial charge in [0.25, 0.3) is 0 Å². The van der Waals surface area contributed by atoms with Crippen molar-refractivity contribution in [2.45, 2.75) is 39.2 Å². The monoisotopic (exact) mass is 129 g/mol. The smallest absolute Gasteiger partial charge is 0.0643 e. The predicted molar refractivity (Wildman–Crippen MR) is 38.9 cm³/mol. The van der Waals surface area contributed by atoms with Crippen molar-refractivity contribution in [2.75, 3.05) is 0 Å². The number of aliphatic hydroxyl groups is 1. The average molecular weight is 129 g/mol. The zero-order chi connectivity index (χ0) is 7.49. The van der Waals surface area contributed by atoms with E-state index in [1.54, 1.807) is 13.8 Å². The van der Waals surface area contributed by atoms with Crippen molar-refractivity contribution in [1.29, 1.82) is 5.41 Å². The van der Waals surface area contributed by atoms with Gasteiger partial charge in [-0.25, -0.2) is 0 Å². The Morgan fingerprint density at radius 2 is 2.00 bits per heavy atom. The molecule has 0 unspecified atom stereocenters. The second kappa shape index (κ2) is 2.97. The van der Waals surface area contributed by atoms with Gasteiger partial charge in [-0.05, 0) is 20.3 Å². The number of hydrogen-bond acceptors (Lipinski definition) is 2. The lowest BCUT2D eigenvalue weighted by molar-refractivity contribution is 0.0880. The topological polar surface area (TPSA) is 44.1 Å². The average Bonchev–Trinajstić information content (AvgIpc) is 1.62. The molecule has 0 rings (SSSR count). The molecule has 0 spiro atoms. The van der Waals surface area contributed by atoms with Crippen LogP contribution >= 0.6 is 0 Å². The molecule has 0 fully saturated rings. The van der Waals surface area contributed by atoms with Gasteiger partial charge in [0.05, 0.1) is 5.60 Å². The molecule has 0 aromatic carbocycles. The van der Waals surface area contributed by atoms with Crippen LogP contribution in [0.5, 0.6) is 0 Å². The number of nitrogens with one attached hydrogen (secondary N) is 1. The molecular formula is C7H15NO. The van der Waals surface area contributed by atoms with Crippen LogP contribution in [0.3, 0.4) is 0 Å². The van der Waals surface area contributed by atoms with E-state index in [1.807, 2.05) is 6.92 Å². The van der Waals surface area contributed by atoms with Gasteiger partial charge >= 0.3 is 0 Å². The molecule has 0 radical (unpaired) electrons. The van der Waals surface area contributed by atoms with E-state index in [0.29, 0.717) is 12.1 Å². The highest BCUT2D eigenvalue weighted by Crippen LogP contribution is 2.08. The van der Waals surface area contributed by atoms with E-state index in [1.165, 1.54) is 0 Å². The molecule has 0 aliphatic heterocycles. The maximum atomic E-state index is 9.18. The third kappa shape index (κ3) is 5.50. The van der Waals surface area contributed by atoms with Crippen molar-refractivity contribution in [3.8, 4) is 0 Å². The maximum absolute atomic E-state index is 9.18. The molecular weight excluding hydrogens is 114 g/mol. The fourth-order valence-corrected chi connectivity index (χ4v) is 0.647. The summed E-state index contributed by atoms with van der Waals surface area (Å²) >= 11 is 0. The van der Waals surface area contributed by atoms with Gasteiger partial charge in [-0.3, -0.25) is 0 Å². The zero-order valence-electron chi connectivity index (χ0n) is 6.36. The standard InChI is InChI=1S/C7H15NO/c1-4-6(8)5-7(2,3)9/h8-9H,4-5H2,1-3H3. The van der Waals surface area contributed by atoms with Gasteiger partial charge in [-0.15, -0.1) is 0 Å². The van der Waals surface area contributed by atoms with Crippen LogP contribution in [0.4, 0.5) is 0 Å². The van der Waals surface area contributed by atoms with Crippen molar-refractivity contribution in [1.82, 2.24) is 0 Å². The summed E-state index contributed by atoms with van der Waals surface area (Å²) in [6.45, 7) is 5.36. The van der Waals surface area contributed by atoms with Crippen LogP contribution in [0.15, 0.2) is 0 Å².